The van der Waals surface area contributed by atoms with Crippen LogP contribution in [0.15, 0.2) is 24.3 Å². The van der Waals surface area contributed by atoms with Crippen molar-refractivity contribution in [3.05, 3.63) is 35.4 Å². The molecule has 0 atom stereocenters. The van der Waals surface area contributed by atoms with Gasteiger partial charge in [-0.25, -0.2) is 4.79 Å². The number of carbonyl (C=O) groups excluding carboxylic acids is 2. The Hall–Kier alpha value is -2.37. The molecule has 1 heterocycles. The monoisotopic (exact) mass is 346 g/mol. The molecule has 1 fully saturated rings. The van der Waals surface area contributed by atoms with Gasteiger partial charge in [-0.05, 0) is 44.4 Å². The number of amides is 2. The van der Waals surface area contributed by atoms with Crippen molar-refractivity contribution >= 4 is 17.8 Å². The van der Waals surface area contributed by atoms with Crippen molar-refractivity contribution in [3.8, 4) is 0 Å². The van der Waals surface area contributed by atoms with Gasteiger partial charge >= 0.3 is 5.97 Å². The fourth-order valence-corrected chi connectivity index (χ4v) is 2.97. The Morgan fingerprint density at radius 3 is 2.20 bits per heavy atom. The van der Waals surface area contributed by atoms with Gasteiger partial charge in [0.2, 0.25) is 11.8 Å². The van der Waals surface area contributed by atoms with E-state index in [2.05, 4.69) is 0 Å². The molecule has 6 heteroatoms. The van der Waals surface area contributed by atoms with Crippen LogP contribution in [0.3, 0.4) is 0 Å². The van der Waals surface area contributed by atoms with Crippen LogP contribution in [0.1, 0.15) is 42.6 Å². The third-order valence-corrected chi connectivity index (χ3v) is 4.88. The number of carboxylic acids is 1. The predicted molar refractivity (Wildman–Crippen MR) is 94.3 cm³/mol. The van der Waals surface area contributed by atoms with E-state index in [-0.39, 0.29) is 35.8 Å². The molecule has 0 radical (unpaired) electrons. The number of hydrogen-bond donors (Lipinski definition) is 1. The van der Waals surface area contributed by atoms with E-state index in [9.17, 15) is 14.4 Å². The van der Waals surface area contributed by atoms with Gasteiger partial charge in [0.1, 0.15) is 0 Å². The van der Waals surface area contributed by atoms with Crippen molar-refractivity contribution in [1.82, 2.24) is 9.80 Å². The average Bonchev–Trinajstić information content (AvgIpc) is 2.60. The van der Waals surface area contributed by atoms with E-state index >= 15 is 0 Å². The second kappa shape index (κ2) is 8.14. The van der Waals surface area contributed by atoms with Crippen LogP contribution in [0.25, 0.3) is 0 Å². The molecule has 1 saturated heterocycles. The first-order valence-corrected chi connectivity index (χ1v) is 8.66. The molecule has 0 aliphatic carbocycles. The fraction of sp³-hybridized carbons (Fsp3) is 0.526. The van der Waals surface area contributed by atoms with Gasteiger partial charge in [-0.3, -0.25) is 9.59 Å². The molecule has 6 nitrogen and oxygen atoms in total. The Morgan fingerprint density at radius 2 is 1.72 bits per heavy atom. The Balaban J connectivity index is 1.86. The maximum absolute atomic E-state index is 12.4. The standard InChI is InChI=1S/C19H26N2O4/c1-13(2)20(3)18(23)15-8-10-21(11-9-15)17(22)12-14-4-6-16(7-5-14)19(24)25/h4-7,13,15H,8-12H2,1-3H3,(H,24,25). The van der Waals surface area contributed by atoms with Crippen LogP contribution in [0.5, 0.6) is 0 Å². The Labute approximate surface area is 148 Å². The highest BCUT2D eigenvalue weighted by Crippen LogP contribution is 2.21. The summed E-state index contributed by atoms with van der Waals surface area (Å²) in [5.74, 6) is -0.806. The van der Waals surface area contributed by atoms with Gasteiger partial charge in [-0.15, -0.1) is 0 Å². The summed E-state index contributed by atoms with van der Waals surface area (Å²) in [6, 6.07) is 6.56. The molecule has 25 heavy (non-hydrogen) atoms. The lowest BCUT2D eigenvalue weighted by molar-refractivity contribution is -0.140. The van der Waals surface area contributed by atoms with Gasteiger partial charge in [-0.2, -0.15) is 0 Å². The third-order valence-electron chi connectivity index (χ3n) is 4.88. The number of piperidine rings is 1. The molecule has 0 spiro atoms. The van der Waals surface area contributed by atoms with Crippen LogP contribution in [0, 0.1) is 5.92 Å². The van der Waals surface area contributed by atoms with Crippen LogP contribution in [-0.2, 0) is 16.0 Å². The SMILES string of the molecule is CC(C)N(C)C(=O)C1CCN(C(=O)Cc2ccc(C(=O)O)cc2)CC1. The zero-order valence-electron chi connectivity index (χ0n) is 15.1. The van der Waals surface area contributed by atoms with Crippen molar-refractivity contribution in [2.75, 3.05) is 20.1 Å². The molecule has 1 aromatic rings. The summed E-state index contributed by atoms with van der Waals surface area (Å²) in [4.78, 5) is 39.2. The quantitative estimate of drug-likeness (QED) is 0.885. The third kappa shape index (κ3) is 4.81. The minimum Gasteiger partial charge on any atom is -0.478 e. The van der Waals surface area contributed by atoms with E-state index in [1.54, 1.807) is 21.9 Å². The van der Waals surface area contributed by atoms with Crippen molar-refractivity contribution in [2.45, 2.75) is 39.2 Å². The average molecular weight is 346 g/mol. The Morgan fingerprint density at radius 1 is 1.16 bits per heavy atom. The molecule has 0 aromatic heterocycles. The second-order valence-electron chi connectivity index (χ2n) is 6.88. The topological polar surface area (TPSA) is 77.9 Å². The van der Waals surface area contributed by atoms with Crippen molar-refractivity contribution < 1.29 is 19.5 Å². The molecule has 0 unspecified atom stereocenters. The highest BCUT2D eigenvalue weighted by atomic mass is 16.4. The van der Waals surface area contributed by atoms with Gasteiger partial charge in [-0.1, -0.05) is 12.1 Å². The zero-order chi connectivity index (χ0) is 18.6. The molecule has 1 N–H and O–H groups in total. The summed E-state index contributed by atoms with van der Waals surface area (Å²) in [5.41, 5.74) is 1.01. The number of carboxylic acid groups (broad SMARTS) is 1. The van der Waals surface area contributed by atoms with Gasteiger partial charge in [0.15, 0.2) is 0 Å². The molecular weight excluding hydrogens is 320 g/mol. The van der Waals surface area contributed by atoms with Crippen molar-refractivity contribution in [3.63, 3.8) is 0 Å². The highest BCUT2D eigenvalue weighted by molar-refractivity contribution is 5.88. The van der Waals surface area contributed by atoms with E-state index in [0.29, 0.717) is 25.9 Å². The molecule has 2 amide bonds. The fourth-order valence-electron chi connectivity index (χ4n) is 2.97. The minimum atomic E-state index is -0.976. The summed E-state index contributed by atoms with van der Waals surface area (Å²) in [5, 5.41) is 8.90. The normalized spacial score (nSPS) is 15.3. The van der Waals surface area contributed by atoms with Gasteiger partial charge < -0.3 is 14.9 Å². The van der Waals surface area contributed by atoms with E-state index < -0.39 is 5.97 Å². The maximum atomic E-state index is 12.4. The maximum Gasteiger partial charge on any atom is 0.335 e. The van der Waals surface area contributed by atoms with Gasteiger partial charge in [0.25, 0.3) is 0 Å². The van der Waals surface area contributed by atoms with Crippen molar-refractivity contribution in [2.24, 2.45) is 5.92 Å². The molecule has 1 aromatic carbocycles. The molecule has 1 aliphatic heterocycles. The van der Waals surface area contributed by atoms with Crippen LogP contribution in [0.2, 0.25) is 0 Å². The first-order chi connectivity index (χ1) is 11.8. The largest absolute Gasteiger partial charge is 0.478 e. The summed E-state index contributed by atoms with van der Waals surface area (Å²) in [6.07, 6.45) is 1.64. The number of nitrogens with zero attached hydrogens (tertiary/aromatic N) is 2. The van der Waals surface area contributed by atoms with Crippen LogP contribution < -0.4 is 0 Å². The zero-order valence-corrected chi connectivity index (χ0v) is 15.1. The van der Waals surface area contributed by atoms with E-state index in [1.165, 1.54) is 12.1 Å². The molecule has 2 rings (SSSR count). The Bertz CT molecular complexity index is 631. The summed E-state index contributed by atoms with van der Waals surface area (Å²) >= 11 is 0. The molecule has 1 aliphatic rings. The lowest BCUT2D eigenvalue weighted by atomic mass is 9.94. The predicted octanol–water partition coefficient (Wildman–Crippen LogP) is 2.03. The van der Waals surface area contributed by atoms with E-state index in [1.807, 2.05) is 20.9 Å². The first-order valence-electron chi connectivity index (χ1n) is 8.66. The van der Waals surface area contributed by atoms with E-state index in [4.69, 9.17) is 5.11 Å². The summed E-state index contributed by atoms with van der Waals surface area (Å²) in [7, 11) is 1.82. The van der Waals surface area contributed by atoms with Gasteiger partial charge in [0, 0.05) is 32.1 Å². The van der Waals surface area contributed by atoms with Crippen LogP contribution in [-0.4, -0.2) is 58.9 Å². The molecule has 0 bridgehead atoms. The molecular formula is C19H26N2O4. The number of carbonyl (C=O) groups is 3. The smallest absolute Gasteiger partial charge is 0.335 e. The number of aromatic carboxylic acids is 1. The first kappa shape index (κ1) is 19.0. The van der Waals surface area contributed by atoms with E-state index in [0.717, 1.165) is 5.56 Å². The number of benzene rings is 1. The minimum absolute atomic E-state index is 0.00806. The van der Waals surface area contributed by atoms with Crippen LogP contribution in [0.4, 0.5) is 0 Å². The lowest BCUT2D eigenvalue weighted by Crippen LogP contribution is -2.45. The number of likely N-dealkylation sites (tertiary alicyclic amines) is 1. The highest BCUT2D eigenvalue weighted by Gasteiger charge is 2.29. The van der Waals surface area contributed by atoms with Gasteiger partial charge in [0.05, 0.1) is 12.0 Å². The summed E-state index contributed by atoms with van der Waals surface area (Å²) in [6.45, 7) is 5.17. The molecule has 0 saturated carbocycles. The lowest BCUT2D eigenvalue weighted by Gasteiger charge is -2.34. The van der Waals surface area contributed by atoms with Crippen molar-refractivity contribution in [1.29, 1.82) is 0 Å². The number of hydrogen-bond acceptors (Lipinski definition) is 3. The number of rotatable bonds is 5. The molecule has 136 valence electrons. The Kier molecular flexibility index (Phi) is 6.17. The second-order valence-corrected chi connectivity index (χ2v) is 6.88. The summed E-state index contributed by atoms with van der Waals surface area (Å²) < 4.78 is 0. The van der Waals surface area contributed by atoms with Crippen LogP contribution >= 0.6 is 0 Å².